The third-order valence-corrected chi connectivity index (χ3v) is 3.95. The fourth-order valence-corrected chi connectivity index (χ4v) is 2.85. The van der Waals surface area contributed by atoms with E-state index in [1.165, 1.54) is 37.7 Å². The zero-order chi connectivity index (χ0) is 11.4. The van der Waals surface area contributed by atoms with Crippen molar-refractivity contribution in [2.45, 2.75) is 45.1 Å². The highest BCUT2D eigenvalue weighted by molar-refractivity contribution is 5.14. The summed E-state index contributed by atoms with van der Waals surface area (Å²) in [5, 5.41) is 0. The van der Waals surface area contributed by atoms with Gasteiger partial charge in [0.1, 0.15) is 0 Å². The van der Waals surface area contributed by atoms with E-state index in [0.717, 1.165) is 11.8 Å². The summed E-state index contributed by atoms with van der Waals surface area (Å²) in [7, 11) is 0. The average molecular weight is 217 g/mol. The van der Waals surface area contributed by atoms with Gasteiger partial charge in [-0.15, -0.1) is 0 Å². The summed E-state index contributed by atoms with van der Waals surface area (Å²) >= 11 is 0. The largest absolute Gasteiger partial charge is 0.327 e. The number of benzene rings is 1. The first kappa shape index (κ1) is 11.7. The van der Waals surface area contributed by atoms with Gasteiger partial charge in [0.15, 0.2) is 0 Å². The Morgan fingerprint density at radius 1 is 1.19 bits per heavy atom. The van der Waals surface area contributed by atoms with Gasteiger partial charge in [0, 0.05) is 6.04 Å². The molecular weight excluding hydrogens is 194 g/mol. The maximum atomic E-state index is 6.21. The van der Waals surface area contributed by atoms with E-state index in [1.807, 2.05) is 0 Å². The van der Waals surface area contributed by atoms with Gasteiger partial charge >= 0.3 is 0 Å². The smallest absolute Gasteiger partial charge is 0.00674 e. The lowest BCUT2D eigenvalue weighted by Crippen LogP contribution is -2.35. The van der Waals surface area contributed by atoms with E-state index in [-0.39, 0.29) is 0 Å². The summed E-state index contributed by atoms with van der Waals surface area (Å²) in [5.41, 5.74) is 7.66. The van der Waals surface area contributed by atoms with E-state index in [0.29, 0.717) is 6.04 Å². The van der Waals surface area contributed by atoms with Crippen LogP contribution >= 0.6 is 0 Å². The highest BCUT2D eigenvalue weighted by atomic mass is 14.7. The third-order valence-electron chi connectivity index (χ3n) is 3.95. The van der Waals surface area contributed by atoms with Gasteiger partial charge in [0.05, 0.1) is 0 Å². The van der Waals surface area contributed by atoms with Gasteiger partial charge in [0.2, 0.25) is 0 Å². The molecule has 2 N–H and O–H groups in total. The van der Waals surface area contributed by atoms with E-state index >= 15 is 0 Å². The predicted molar refractivity (Wildman–Crippen MR) is 69.2 cm³/mol. The summed E-state index contributed by atoms with van der Waals surface area (Å²) in [4.78, 5) is 0. The van der Waals surface area contributed by atoms with Crippen LogP contribution in [0.1, 0.15) is 38.2 Å². The average Bonchev–Trinajstić information content (AvgIpc) is 2.32. The molecule has 0 spiro atoms. The first-order chi connectivity index (χ1) is 7.75. The van der Waals surface area contributed by atoms with Crippen LogP contribution in [0.2, 0.25) is 0 Å². The number of hydrogen-bond donors (Lipinski definition) is 1. The van der Waals surface area contributed by atoms with Crippen molar-refractivity contribution in [3.05, 3.63) is 35.9 Å². The van der Waals surface area contributed by atoms with Crippen LogP contribution < -0.4 is 5.73 Å². The second-order valence-corrected chi connectivity index (χ2v) is 5.37. The molecular formula is C15H23N. The lowest BCUT2D eigenvalue weighted by molar-refractivity contribution is 0.234. The molecule has 2 rings (SSSR count). The van der Waals surface area contributed by atoms with Crippen LogP contribution in [-0.2, 0) is 6.42 Å². The van der Waals surface area contributed by atoms with Crippen molar-refractivity contribution in [3.8, 4) is 0 Å². The highest BCUT2D eigenvalue weighted by Crippen LogP contribution is 2.30. The Hall–Kier alpha value is -0.820. The van der Waals surface area contributed by atoms with Crippen molar-refractivity contribution in [1.82, 2.24) is 0 Å². The first-order valence-corrected chi connectivity index (χ1v) is 6.55. The van der Waals surface area contributed by atoms with Crippen molar-refractivity contribution in [2.24, 2.45) is 17.6 Å². The molecule has 1 fully saturated rings. The lowest BCUT2D eigenvalue weighted by Gasteiger charge is -2.32. The molecule has 1 aliphatic rings. The minimum Gasteiger partial charge on any atom is -0.327 e. The van der Waals surface area contributed by atoms with Gasteiger partial charge in [0.25, 0.3) is 0 Å². The van der Waals surface area contributed by atoms with E-state index in [1.54, 1.807) is 0 Å². The molecule has 0 amide bonds. The predicted octanol–water partition coefficient (Wildman–Crippen LogP) is 3.38. The van der Waals surface area contributed by atoms with Gasteiger partial charge in [-0.05, 0) is 49.5 Å². The van der Waals surface area contributed by atoms with Gasteiger partial charge in [-0.3, -0.25) is 0 Å². The van der Waals surface area contributed by atoms with Gasteiger partial charge < -0.3 is 5.73 Å². The van der Waals surface area contributed by atoms with E-state index in [4.69, 9.17) is 5.73 Å². The molecule has 1 aromatic rings. The molecule has 1 saturated carbocycles. The quantitative estimate of drug-likeness (QED) is 0.825. The molecule has 0 aromatic heterocycles. The molecule has 3 unspecified atom stereocenters. The Kier molecular flexibility index (Phi) is 4.00. The maximum Gasteiger partial charge on any atom is 0.00674 e. The minimum absolute atomic E-state index is 0.444. The Bertz CT molecular complexity index is 306. The van der Waals surface area contributed by atoms with Crippen LogP contribution in [-0.4, -0.2) is 6.04 Å². The van der Waals surface area contributed by atoms with Gasteiger partial charge in [-0.2, -0.15) is 0 Å². The number of hydrogen-bond acceptors (Lipinski definition) is 1. The second-order valence-electron chi connectivity index (χ2n) is 5.37. The topological polar surface area (TPSA) is 26.0 Å². The number of rotatable bonds is 3. The van der Waals surface area contributed by atoms with Crippen LogP contribution in [0.4, 0.5) is 0 Å². The van der Waals surface area contributed by atoms with Crippen molar-refractivity contribution < 1.29 is 0 Å². The normalized spacial score (nSPS) is 30.2. The maximum absolute atomic E-state index is 6.21. The highest BCUT2D eigenvalue weighted by Gasteiger charge is 2.25. The molecule has 88 valence electrons. The third kappa shape index (κ3) is 3.08. The minimum atomic E-state index is 0.444. The standard InChI is InChI=1S/C15H23N/c1-12-7-10-15(16)14(11-12)9-8-13-5-3-2-4-6-13/h2-6,12,14-15H,7-11,16H2,1H3. The molecule has 1 nitrogen and oxygen atoms in total. The molecule has 0 radical (unpaired) electrons. The molecule has 0 aliphatic heterocycles. The first-order valence-electron chi connectivity index (χ1n) is 6.55. The van der Waals surface area contributed by atoms with Gasteiger partial charge in [-0.1, -0.05) is 37.3 Å². The lowest BCUT2D eigenvalue weighted by atomic mass is 9.77. The molecule has 1 aliphatic carbocycles. The summed E-state index contributed by atoms with van der Waals surface area (Å²) in [6.45, 7) is 2.36. The molecule has 0 saturated heterocycles. The molecule has 0 bridgehead atoms. The Morgan fingerprint density at radius 3 is 2.69 bits per heavy atom. The summed E-state index contributed by atoms with van der Waals surface area (Å²) in [6.07, 6.45) is 6.32. The van der Waals surface area contributed by atoms with E-state index in [9.17, 15) is 0 Å². The van der Waals surface area contributed by atoms with Crippen LogP contribution in [0.15, 0.2) is 30.3 Å². The van der Waals surface area contributed by atoms with Crippen LogP contribution in [0.5, 0.6) is 0 Å². The van der Waals surface area contributed by atoms with E-state index in [2.05, 4.69) is 37.3 Å². The molecule has 1 heteroatoms. The Morgan fingerprint density at radius 2 is 1.94 bits per heavy atom. The van der Waals surface area contributed by atoms with E-state index < -0.39 is 0 Å². The summed E-state index contributed by atoms with van der Waals surface area (Å²) in [5.74, 6) is 1.62. The fourth-order valence-electron chi connectivity index (χ4n) is 2.85. The van der Waals surface area contributed by atoms with Gasteiger partial charge in [-0.25, -0.2) is 0 Å². The monoisotopic (exact) mass is 217 g/mol. The number of aryl methyl sites for hydroxylation is 1. The fraction of sp³-hybridized carbons (Fsp3) is 0.600. The molecule has 0 heterocycles. The summed E-state index contributed by atoms with van der Waals surface area (Å²) < 4.78 is 0. The zero-order valence-electron chi connectivity index (χ0n) is 10.2. The zero-order valence-corrected chi connectivity index (χ0v) is 10.2. The van der Waals surface area contributed by atoms with Crippen LogP contribution in [0, 0.1) is 11.8 Å². The van der Waals surface area contributed by atoms with Crippen molar-refractivity contribution in [1.29, 1.82) is 0 Å². The Labute approximate surface area is 99.0 Å². The van der Waals surface area contributed by atoms with Crippen LogP contribution in [0.3, 0.4) is 0 Å². The molecule has 16 heavy (non-hydrogen) atoms. The van der Waals surface area contributed by atoms with Crippen molar-refractivity contribution in [2.75, 3.05) is 0 Å². The molecule has 1 aromatic carbocycles. The Balaban J connectivity index is 1.85. The van der Waals surface area contributed by atoms with Crippen LogP contribution in [0.25, 0.3) is 0 Å². The van der Waals surface area contributed by atoms with Crippen molar-refractivity contribution in [3.63, 3.8) is 0 Å². The number of nitrogens with two attached hydrogens (primary N) is 1. The molecule has 3 atom stereocenters. The second kappa shape index (κ2) is 5.49. The van der Waals surface area contributed by atoms with Crippen molar-refractivity contribution >= 4 is 0 Å². The SMILES string of the molecule is CC1CCC(N)C(CCc2ccccc2)C1. The summed E-state index contributed by atoms with van der Waals surface area (Å²) in [6, 6.07) is 11.2.